The first kappa shape index (κ1) is 30.5. The summed E-state index contributed by atoms with van der Waals surface area (Å²) >= 11 is 7.13. The molecule has 0 saturated heterocycles. The zero-order valence-electron chi connectivity index (χ0n) is 23.8. The van der Waals surface area contributed by atoms with Gasteiger partial charge in [-0.05, 0) is 47.9 Å². The van der Waals surface area contributed by atoms with Gasteiger partial charge in [0.15, 0.2) is 5.60 Å². The number of hydrogen-bond acceptors (Lipinski definition) is 7. The van der Waals surface area contributed by atoms with Crippen LogP contribution in [0.1, 0.15) is 35.1 Å². The second kappa shape index (κ2) is 11.3. The average Bonchev–Trinajstić information content (AvgIpc) is 3.39. The van der Waals surface area contributed by atoms with Crippen molar-refractivity contribution in [2.24, 2.45) is 12.8 Å². The molecule has 3 aromatic heterocycles. The van der Waals surface area contributed by atoms with Crippen LogP contribution in [0, 0.1) is 0 Å². The molecule has 2 aromatic carbocycles. The van der Waals surface area contributed by atoms with Crippen molar-refractivity contribution < 1.29 is 21.9 Å². The maximum Gasteiger partial charge on any atom is 0.343 e. The zero-order chi connectivity index (χ0) is 31.2. The van der Waals surface area contributed by atoms with E-state index in [1.807, 2.05) is 25.1 Å². The number of halogens is 3. The summed E-state index contributed by atoms with van der Waals surface area (Å²) < 4.78 is 61.4. The summed E-state index contributed by atoms with van der Waals surface area (Å²) in [6, 6.07) is 11.5. The number of fused-ring (bicyclic) bond motifs is 1. The Morgan fingerprint density at radius 2 is 1.77 bits per heavy atom. The van der Waals surface area contributed by atoms with Crippen molar-refractivity contribution >= 4 is 38.2 Å². The summed E-state index contributed by atoms with van der Waals surface area (Å²) in [7, 11) is -0.119. The molecular formula is C30H29ClF2N6O3S. The number of ether oxygens (including phenoxy) is 1. The van der Waals surface area contributed by atoms with Gasteiger partial charge in [0.1, 0.15) is 5.69 Å². The van der Waals surface area contributed by atoms with E-state index in [0.717, 1.165) is 17.5 Å². The first-order valence-electron chi connectivity index (χ1n) is 13.1. The third kappa shape index (κ3) is 5.70. The fourth-order valence-electron chi connectivity index (χ4n) is 5.26. The summed E-state index contributed by atoms with van der Waals surface area (Å²) in [6.45, 7) is 1.97. The Kier molecular flexibility index (Phi) is 7.99. The van der Waals surface area contributed by atoms with Gasteiger partial charge in [-0.25, -0.2) is 13.4 Å². The Balaban J connectivity index is 1.72. The lowest BCUT2D eigenvalue weighted by atomic mass is 9.83. The van der Waals surface area contributed by atoms with Gasteiger partial charge in [-0.3, -0.25) is 20.4 Å². The molecule has 1 unspecified atom stereocenters. The number of nitrogens with one attached hydrogen (secondary N) is 1. The van der Waals surface area contributed by atoms with Crippen molar-refractivity contribution in [1.29, 1.82) is 0 Å². The number of hydrogen-bond donors (Lipinski definition) is 2. The van der Waals surface area contributed by atoms with Gasteiger partial charge in [0.2, 0.25) is 10.0 Å². The van der Waals surface area contributed by atoms with E-state index in [-0.39, 0.29) is 0 Å². The quantitative estimate of drug-likeness (QED) is 0.205. The minimum Gasteiger partial charge on any atom is -0.362 e. The Morgan fingerprint density at radius 1 is 1.07 bits per heavy atom. The first-order chi connectivity index (χ1) is 20.3. The number of pyridine rings is 2. The molecule has 0 radical (unpaired) electrons. The van der Waals surface area contributed by atoms with E-state index < -0.39 is 27.4 Å². The highest BCUT2D eigenvalue weighted by molar-refractivity contribution is 7.92. The van der Waals surface area contributed by atoms with Gasteiger partial charge < -0.3 is 9.30 Å². The smallest absolute Gasteiger partial charge is 0.343 e. The molecule has 0 bridgehead atoms. The minimum absolute atomic E-state index is 0.421. The van der Waals surface area contributed by atoms with E-state index in [0.29, 0.717) is 50.4 Å². The largest absolute Gasteiger partial charge is 0.362 e. The van der Waals surface area contributed by atoms with Gasteiger partial charge in [0.25, 0.3) is 0 Å². The summed E-state index contributed by atoms with van der Waals surface area (Å²) in [5.41, 5.74) is 8.10. The van der Waals surface area contributed by atoms with Crippen molar-refractivity contribution in [3.8, 4) is 11.1 Å². The van der Waals surface area contributed by atoms with Crippen molar-refractivity contribution in [2.75, 3.05) is 18.1 Å². The Labute approximate surface area is 252 Å². The maximum absolute atomic E-state index is 13.8. The number of benzene rings is 2. The molecule has 0 saturated carbocycles. The Bertz CT molecular complexity index is 1910. The van der Waals surface area contributed by atoms with Crippen LogP contribution in [0.2, 0.25) is 5.02 Å². The summed E-state index contributed by atoms with van der Waals surface area (Å²) in [5, 5.41) is 1.07. The van der Waals surface area contributed by atoms with Crippen LogP contribution in [0.3, 0.4) is 0 Å². The lowest BCUT2D eigenvalue weighted by molar-refractivity contribution is -0.00199. The number of alkyl halides is 2. The third-order valence-corrected chi connectivity index (χ3v) is 8.21. The molecule has 5 aromatic rings. The molecule has 43 heavy (non-hydrogen) atoms. The van der Waals surface area contributed by atoms with Crippen LogP contribution in [-0.2, 0) is 39.9 Å². The van der Waals surface area contributed by atoms with Crippen molar-refractivity contribution in [1.82, 2.24) is 19.5 Å². The monoisotopic (exact) mass is 626 g/mol. The van der Waals surface area contributed by atoms with Crippen LogP contribution < -0.4 is 10.5 Å². The molecule has 1 atom stereocenters. The molecule has 0 spiro atoms. The number of nitrogens with zero attached hydrogens (tertiary/aromatic N) is 4. The topological polar surface area (TPSA) is 125 Å². The molecule has 0 aliphatic rings. The highest BCUT2D eigenvalue weighted by atomic mass is 35.5. The summed E-state index contributed by atoms with van der Waals surface area (Å²) in [5.74, 6) is 0. The predicted molar refractivity (Wildman–Crippen MR) is 162 cm³/mol. The van der Waals surface area contributed by atoms with Crippen LogP contribution in [0.25, 0.3) is 22.0 Å². The van der Waals surface area contributed by atoms with Crippen LogP contribution in [-0.4, -0.2) is 41.3 Å². The number of sulfonamides is 1. The molecule has 13 heteroatoms. The van der Waals surface area contributed by atoms with E-state index in [4.69, 9.17) is 27.1 Å². The highest BCUT2D eigenvalue weighted by Gasteiger charge is 2.40. The van der Waals surface area contributed by atoms with E-state index in [1.165, 1.54) is 25.4 Å². The van der Waals surface area contributed by atoms with Gasteiger partial charge in [-0.1, -0.05) is 42.8 Å². The van der Waals surface area contributed by atoms with Crippen molar-refractivity contribution in [3.63, 3.8) is 0 Å². The lowest BCUT2D eigenvalue weighted by Gasteiger charge is -2.34. The summed E-state index contributed by atoms with van der Waals surface area (Å²) in [4.78, 5) is 13.1. The Hall–Kier alpha value is -3.97. The number of methoxy groups -OCH3 is 1. The molecule has 0 aliphatic heterocycles. The molecule has 224 valence electrons. The zero-order valence-corrected chi connectivity index (χ0v) is 25.3. The molecule has 3 N–H and O–H groups in total. The van der Waals surface area contributed by atoms with Crippen LogP contribution in [0.5, 0.6) is 0 Å². The normalized spacial score (nSPS) is 13.7. The average molecular weight is 627 g/mol. The van der Waals surface area contributed by atoms with E-state index in [2.05, 4.69) is 14.7 Å². The highest BCUT2D eigenvalue weighted by Crippen LogP contribution is 2.43. The molecular weight excluding hydrogens is 598 g/mol. The second-order valence-corrected chi connectivity index (χ2v) is 12.2. The molecule has 9 nitrogen and oxygen atoms in total. The fourth-order valence-corrected chi connectivity index (χ4v) is 6.19. The molecule has 3 heterocycles. The van der Waals surface area contributed by atoms with E-state index in [9.17, 15) is 17.2 Å². The molecule has 0 aliphatic carbocycles. The maximum atomic E-state index is 13.8. The molecule has 0 fully saturated rings. The van der Waals surface area contributed by atoms with Gasteiger partial charge >= 0.3 is 6.05 Å². The second-order valence-electron chi connectivity index (χ2n) is 10.1. The SMILES string of the molecule is CCc1nc2ccc(C(OC)(c3ccc(C(N)(F)F)nc3)c3cncn3C)cc2c(Cl)c1-c1ccc(NS(C)(=O)=O)cc1. The minimum atomic E-state index is -3.60. The van der Waals surface area contributed by atoms with E-state index in [1.54, 1.807) is 48.4 Å². The fraction of sp³-hybridized carbons (Fsp3) is 0.233. The standard InChI is InChI=1S/C30H29ClF2N6O3S/c1-5-23-27(18-6-10-21(11-7-18)38-43(4,40)41)28(31)22-14-19(8-12-24(22)37-23)29(42-3,26-16-35-17-39(26)2)20-9-13-25(36-15-20)30(32,33)34/h6-17,38H,5,34H2,1-4H3. The van der Waals surface area contributed by atoms with Gasteiger partial charge in [0, 0.05) is 42.6 Å². The number of aryl methyl sites for hydroxylation is 2. The summed E-state index contributed by atoms with van der Waals surface area (Å²) in [6.07, 6.45) is 6.24. The van der Waals surface area contributed by atoms with Gasteiger partial charge in [-0.15, -0.1) is 0 Å². The van der Waals surface area contributed by atoms with Crippen LogP contribution in [0.4, 0.5) is 14.5 Å². The number of rotatable bonds is 9. The van der Waals surface area contributed by atoms with Gasteiger partial charge in [-0.2, -0.15) is 8.78 Å². The number of aromatic nitrogens is 4. The van der Waals surface area contributed by atoms with Crippen molar-refractivity contribution in [3.05, 3.63) is 107 Å². The lowest BCUT2D eigenvalue weighted by Crippen LogP contribution is -2.34. The first-order valence-corrected chi connectivity index (χ1v) is 15.4. The molecule has 0 amide bonds. The Morgan fingerprint density at radius 3 is 2.30 bits per heavy atom. The molecule has 5 rings (SSSR count). The third-order valence-electron chi connectivity index (χ3n) is 7.21. The van der Waals surface area contributed by atoms with Crippen molar-refractivity contribution in [2.45, 2.75) is 25.0 Å². The number of anilines is 1. The number of nitrogens with two attached hydrogens (primary N) is 1. The van der Waals surface area contributed by atoms with E-state index >= 15 is 0 Å². The predicted octanol–water partition coefficient (Wildman–Crippen LogP) is 5.56. The van der Waals surface area contributed by atoms with Gasteiger partial charge in [0.05, 0.1) is 40.7 Å². The van der Waals surface area contributed by atoms with Crippen LogP contribution >= 0.6 is 11.6 Å². The van der Waals surface area contributed by atoms with Crippen LogP contribution in [0.15, 0.2) is 73.3 Å². The number of imidazole rings is 1.